The van der Waals surface area contributed by atoms with E-state index in [2.05, 4.69) is 5.32 Å². The Morgan fingerprint density at radius 2 is 2.11 bits per heavy atom. The highest BCUT2D eigenvalue weighted by Crippen LogP contribution is 2.44. The van der Waals surface area contributed by atoms with E-state index in [1.54, 1.807) is 12.0 Å². The van der Waals surface area contributed by atoms with E-state index in [4.69, 9.17) is 4.74 Å². The number of rotatable bonds is 5. The van der Waals surface area contributed by atoms with E-state index in [-0.39, 0.29) is 17.9 Å². The van der Waals surface area contributed by atoms with Crippen LogP contribution in [0.3, 0.4) is 0 Å². The lowest BCUT2D eigenvalue weighted by atomic mass is 9.87. The fourth-order valence-electron chi connectivity index (χ4n) is 2.76. The van der Waals surface area contributed by atoms with Gasteiger partial charge in [0.25, 0.3) is 0 Å². The monoisotopic (exact) mass is 254 g/mol. The molecular weight excluding hydrogens is 232 g/mol. The van der Waals surface area contributed by atoms with Crippen LogP contribution in [0.2, 0.25) is 0 Å². The number of hydrogen-bond acceptors (Lipinski definition) is 3. The van der Waals surface area contributed by atoms with Crippen LogP contribution in [0.25, 0.3) is 0 Å². The molecule has 1 saturated heterocycles. The standard InChI is InChI=1S/C13H22N2O3/c1-4-10-11(16)15(7-8-18-3)13(2,9-5-6-9)12(17)14-10/h9-10H,4-8H2,1-3H3,(H,14,17). The van der Waals surface area contributed by atoms with E-state index < -0.39 is 5.54 Å². The van der Waals surface area contributed by atoms with Crippen molar-refractivity contribution in [1.29, 1.82) is 0 Å². The molecule has 0 aromatic heterocycles. The summed E-state index contributed by atoms with van der Waals surface area (Å²) < 4.78 is 5.06. The third kappa shape index (κ3) is 2.00. The minimum absolute atomic E-state index is 0.00690. The predicted octanol–water partition coefficient (Wildman–Crippen LogP) is 0.538. The van der Waals surface area contributed by atoms with Crippen molar-refractivity contribution in [2.24, 2.45) is 5.92 Å². The number of ether oxygens (including phenoxy) is 1. The van der Waals surface area contributed by atoms with E-state index in [0.717, 1.165) is 12.8 Å². The molecule has 1 N–H and O–H groups in total. The molecule has 2 rings (SSSR count). The fourth-order valence-corrected chi connectivity index (χ4v) is 2.76. The van der Waals surface area contributed by atoms with Crippen LogP contribution in [0.1, 0.15) is 33.1 Å². The molecule has 1 aliphatic heterocycles. The number of nitrogens with one attached hydrogen (secondary N) is 1. The summed E-state index contributed by atoms with van der Waals surface area (Å²) in [6, 6.07) is -0.374. The van der Waals surface area contributed by atoms with Gasteiger partial charge in [-0.15, -0.1) is 0 Å². The Morgan fingerprint density at radius 3 is 2.61 bits per heavy atom. The maximum Gasteiger partial charge on any atom is 0.246 e. The van der Waals surface area contributed by atoms with Crippen LogP contribution in [-0.2, 0) is 14.3 Å². The summed E-state index contributed by atoms with van der Waals surface area (Å²) in [5, 5.41) is 2.86. The molecular formula is C13H22N2O3. The van der Waals surface area contributed by atoms with Crippen molar-refractivity contribution >= 4 is 11.8 Å². The van der Waals surface area contributed by atoms with E-state index in [0.29, 0.717) is 25.5 Å². The molecule has 2 atom stereocenters. The second-order valence-electron chi connectivity index (χ2n) is 5.34. The molecule has 2 unspecified atom stereocenters. The van der Waals surface area contributed by atoms with E-state index in [1.807, 2.05) is 13.8 Å². The Morgan fingerprint density at radius 1 is 1.44 bits per heavy atom. The van der Waals surface area contributed by atoms with Crippen LogP contribution >= 0.6 is 0 Å². The summed E-state index contributed by atoms with van der Waals surface area (Å²) in [5.41, 5.74) is -0.679. The Bertz CT molecular complexity index is 354. The van der Waals surface area contributed by atoms with Gasteiger partial charge >= 0.3 is 0 Å². The van der Waals surface area contributed by atoms with E-state index >= 15 is 0 Å². The molecule has 5 heteroatoms. The molecule has 5 nitrogen and oxygen atoms in total. The topological polar surface area (TPSA) is 58.6 Å². The van der Waals surface area contributed by atoms with Gasteiger partial charge in [-0.25, -0.2) is 0 Å². The Labute approximate surface area is 108 Å². The van der Waals surface area contributed by atoms with Gasteiger partial charge in [0.2, 0.25) is 11.8 Å². The first-order chi connectivity index (χ1) is 8.55. The minimum atomic E-state index is -0.679. The lowest BCUT2D eigenvalue weighted by Crippen LogP contribution is -2.70. The van der Waals surface area contributed by atoms with Crippen molar-refractivity contribution in [2.75, 3.05) is 20.3 Å². The number of methoxy groups -OCH3 is 1. The third-order valence-electron chi connectivity index (χ3n) is 4.19. The van der Waals surface area contributed by atoms with Gasteiger partial charge in [0.05, 0.1) is 6.61 Å². The minimum Gasteiger partial charge on any atom is -0.383 e. The molecule has 18 heavy (non-hydrogen) atoms. The van der Waals surface area contributed by atoms with Gasteiger partial charge in [0.15, 0.2) is 0 Å². The molecule has 1 saturated carbocycles. The highest BCUT2D eigenvalue weighted by atomic mass is 16.5. The van der Waals surface area contributed by atoms with Gasteiger partial charge in [-0.2, -0.15) is 0 Å². The molecule has 0 aromatic rings. The molecule has 0 spiro atoms. The Hall–Kier alpha value is -1.10. The van der Waals surface area contributed by atoms with Crippen molar-refractivity contribution in [3.05, 3.63) is 0 Å². The smallest absolute Gasteiger partial charge is 0.246 e. The average molecular weight is 254 g/mol. The summed E-state index contributed by atoms with van der Waals surface area (Å²) in [6.45, 7) is 4.76. The van der Waals surface area contributed by atoms with Crippen molar-refractivity contribution in [3.8, 4) is 0 Å². The molecule has 2 aliphatic rings. The maximum absolute atomic E-state index is 12.4. The first kappa shape index (κ1) is 13.3. The summed E-state index contributed by atoms with van der Waals surface area (Å²) in [6.07, 6.45) is 2.68. The van der Waals surface area contributed by atoms with Crippen molar-refractivity contribution in [3.63, 3.8) is 0 Å². The first-order valence-electron chi connectivity index (χ1n) is 6.67. The zero-order valence-electron chi connectivity index (χ0n) is 11.4. The summed E-state index contributed by atoms with van der Waals surface area (Å²) in [7, 11) is 1.61. The zero-order chi connectivity index (χ0) is 13.3. The number of hydrogen-bond donors (Lipinski definition) is 1. The molecule has 102 valence electrons. The number of amides is 2. The van der Waals surface area contributed by atoms with Crippen LogP contribution < -0.4 is 5.32 Å². The molecule has 2 amide bonds. The fraction of sp³-hybridized carbons (Fsp3) is 0.846. The van der Waals surface area contributed by atoms with E-state index in [1.165, 1.54) is 0 Å². The van der Waals surface area contributed by atoms with Gasteiger partial charge in [-0.3, -0.25) is 9.59 Å². The molecule has 0 bridgehead atoms. The van der Waals surface area contributed by atoms with Crippen LogP contribution in [-0.4, -0.2) is 48.6 Å². The summed E-state index contributed by atoms with van der Waals surface area (Å²) in [4.78, 5) is 26.5. The average Bonchev–Trinajstić information content (AvgIpc) is 3.18. The van der Waals surface area contributed by atoms with Gasteiger partial charge in [0.1, 0.15) is 11.6 Å². The Kier molecular flexibility index (Phi) is 3.61. The third-order valence-corrected chi connectivity index (χ3v) is 4.19. The summed E-state index contributed by atoms with van der Waals surface area (Å²) in [5.74, 6) is 0.326. The normalized spacial score (nSPS) is 32.6. The predicted molar refractivity (Wildman–Crippen MR) is 66.9 cm³/mol. The Balaban J connectivity index is 2.24. The SMILES string of the molecule is CCC1NC(=O)C(C)(C2CC2)N(CCOC)C1=O. The van der Waals surface area contributed by atoms with Crippen LogP contribution in [0.5, 0.6) is 0 Å². The van der Waals surface area contributed by atoms with Crippen LogP contribution in [0.4, 0.5) is 0 Å². The zero-order valence-corrected chi connectivity index (χ0v) is 11.4. The number of carbonyl (C=O) groups excluding carboxylic acids is 2. The number of piperazine rings is 1. The number of nitrogens with zero attached hydrogens (tertiary/aromatic N) is 1. The van der Waals surface area contributed by atoms with Crippen molar-refractivity contribution in [2.45, 2.75) is 44.7 Å². The van der Waals surface area contributed by atoms with Crippen molar-refractivity contribution < 1.29 is 14.3 Å². The lowest BCUT2D eigenvalue weighted by molar-refractivity contribution is -0.159. The van der Waals surface area contributed by atoms with Crippen molar-refractivity contribution in [1.82, 2.24) is 10.2 Å². The molecule has 1 aliphatic carbocycles. The molecule has 0 radical (unpaired) electrons. The first-order valence-corrected chi connectivity index (χ1v) is 6.67. The highest BCUT2D eigenvalue weighted by molar-refractivity contribution is 6.00. The maximum atomic E-state index is 12.4. The quantitative estimate of drug-likeness (QED) is 0.779. The van der Waals surface area contributed by atoms with Crippen LogP contribution in [0, 0.1) is 5.92 Å². The molecule has 0 aromatic carbocycles. The molecule has 2 fully saturated rings. The summed E-state index contributed by atoms with van der Waals surface area (Å²) >= 11 is 0. The second-order valence-corrected chi connectivity index (χ2v) is 5.34. The van der Waals surface area contributed by atoms with Gasteiger partial charge < -0.3 is 15.0 Å². The van der Waals surface area contributed by atoms with E-state index in [9.17, 15) is 9.59 Å². The molecule has 1 heterocycles. The lowest BCUT2D eigenvalue weighted by Gasteiger charge is -2.46. The largest absolute Gasteiger partial charge is 0.383 e. The van der Waals surface area contributed by atoms with Gasteiger partial charge in [-0.05, 0) is 32.1 Å². The second kappa shape index (κ2) is 4.88. The van der Waals surface area contributed by atoms with Gasteiger partial charge in [-0.1, -0.05) is 6.92 Å². The number of carbonyl (C=O) groups is 2. The highest BCUT2D eigenvalue weighted by Gasteiger charge is 2.56. The van der Waals surface area contributed by atoms with Gasteiger partial charge in [0, 0.05) is 13.7 Å². The van der Waals surface area contributed by atoms with Crippen LogP contribution in [0.15, 0.2) is 0 Å².